The molecular weight excluding hydrogens is 348 g/mol. The van der Waals surface area contributed by atoms with Crippen LogP contribution in [0.5, 0.6) is 0 Å². The monoisotopic (exact) mass is 362 g/mol. The molecule has 0 spiro atoms. The van der Waals surface area contributed by atoms with E-state index >= 15 is 0 Å². The van der Waals surface area contributed by atoms with Gasteiger partial charge in [0.05, 0.1) is 5.39 Å². The van der Waals surface area contributed by atoms with E-state index in [2.05, 4.69) is 55.6 Å². The minimum atomic E-state index is 0.627. The topological polar surface area (TPSA) is 49.8 Å². The lowest BCUT2D eigenvalue weighted by molar-refractivity contribution is 1.13. The third-order valence-electron chi connectivity index (χ3n) is 3.25. The maximum atomic E-state index is 4.55. The number of halogens is 1. The highest BCUT2D eigenvalue weighted by Crippen LogP contribution is 2.30. The van der Waals surface area contributed by atoms with Gasteiger partial charge < -0.3 is 10.6 Å². The number of aryl methyl sites for hydroxylation is 1. The SMILES string of the molecule is CCc1cc(Br)ccc1Nc1nc(NC)nc2sccc12. The highest BCUT2D eigenvalue weighted by Gasteiger charge is 2.10. The zero-order chi connectivity index (χ0) is 14.8. The Kier molecular flexibility index (Phi) is 4.07. The molecule has 0 fully saturated rings. The van der Waals surface area contributed by atoms with Crippen molar-refractivity contribution in [2.45, 2.75) is 13.3 Å². The van der Waals surface area contributed by atoms with E-state index in [0.29, 0.717) is 5.95 Å². The summed E-state index contributed by atoms with van der Waals surface area (Å²) < 4.78 is 1.09. The molecule has 0 amide bonds. The molecule has 3 aromatic rings. The maximum absolute atomic E-state index is 4.55. The van der Waals surface area contributed by atoms with Gasteiger partial charge in [0.15, 0.2) is 0 Å². The molecule has 108 valence electrons. The molecule has 2 N–H and O–H groups in total. The molecule has 0 radical (unpaired) electrons. The number of aromatic nitrogens is 2. The van der Waals surface area contributed by atoms with Gasteiger partial charge in [0.1, 0.15) is 10.6 Å². The average molecular weight is 363 g/mol. The van der Waals surface area contributed by atoms with Gasteiger partial charge in [-0.1, -0.05) is 22.9 Å². The molecule has 2 heterocycles. The van der Waals surface area contributed by atoms with Crippen LogP contribution in [0.4, 0.5) is 17.5 Å². The van der Waals surface area contributed by atoms with Gasteiger partial charge in [0.25, 0.3) is 0 Å². The minimum Gasteiger partial charge on any atom is -0.357 e. The van der Waals surface area contributed by atoms with Gasteiger partial charge in [-0.2, -0.15) is 4.98 Å². The van der Waals surface area contributed by atoms with E-state index in [4.69, 9.17) is 0 Å². The Bertz CT molecular complexity index is 784. The fourth-order valence-corrected chi connectivity index (χ4v) is 3.34. The average Bonchev–Trinajstić information content (AvgIpc) is 2.97. The number of rotatable bonds is 4. The van der Waals surface area contributed by atoms with Gasteiger partial charge >= 0.3 is 0 Å². The van der Waals surface area contributed by atoms with Crippen molar-refractivity contribution in [2.24, 2.45) is 0 Å². The highest BCUT2D eigenvalue weighted by atomic mass is 79.9. The number of hydrogen-bond acceptors (Lipinski definition) is 5. The summed E-state index contributed by atoms with van der Waals surface area (Å²) in [6.45, 7) is 2.14. The number of nitrogens with zero attached hydrogens (tertiary/aromatic N) is 2. The van der Waals surface area contributed by atoms with Gasteiger partial charge in [0.2, 0.25) is 5.95 Å². The second-order valence-electron chi connectivity index (χ2n) is 4.57. The fourth-order valence-electron chi connectivity index (χ4n) is 2.17. The fraction of sp³-hybridized carbons (Fsp3) is 0.200. The predicted octanol–water partition coefficient (Wildman–Crippen LogP) is 4.80. The molecule has 0 bridgehead atoms. The number of nitrogens with one attached hydrogen (secondary N) is 2. The lowest BCUT2D eigenvalue weighted by Gasteiger charge is -2.12. The van der Waals surface area contributed by atoms with Gasteiger partial charge in [-0.3, -0.25) is 0 Å². The summed E-state index contributed by atoms with van der Waals surface area (Å²) in [6, 6.07) is 8.29. The molecule has 6 heteroatoms. The summed E-state index contributed by atoms with van der Waals surface area (Å²) in [5.41, 5.74) is 2.33. The summed E-state index contributed by atoms with van der Waals surface area (Å²) in [6.07, 6.45) is 0.957. The Labute approximate surface area is 135 Å². The van der Waals surface area contributed by atoms with Crippen LogP contribution in [0, 0.1) is 0 Å². The largest absolute Gasteiger partial charge is 0.357 e. The zero-order valence-electron chi connectivity index (χ0n) is 11.8. The molecule has 0 atom stereocenters. The van der Waals surface area contributed by atoms with Crippen LogP contribution in [0.3, 0.4) is 0 Å². The van der Waals surface area contributed by atoms with Crippen LogP contribution in [0.15, 0.2) is 34.1 Å². The van der Waals surface area contributed by atoms with Crippen LogP contribution in [0.1, 0.15) is 12.5 Å². The van der Waals surface area contributed by atoms with Gasteiger partial charge in [-0.15, -0.1) is 11.3 Å². The van der Waals surface area contributed by atoms with Crippen molar-refractivity contribution in [3.63, 3.8) is 0 Å². The van der Waals surface area contributed by atoms with Crippen molar-refractivity contribution in [2.75, 3.05) is 17.7 Å². The van der Waals surface area contributed by atoms with Crippen LogP contribution < -0.4 is 10.6 Å². The first kappa shape index (κ1) is 14.3. The number of benzene rings is 1. The highest BCUT2D eigenvalue weighted by molar-refractivity contribution is 9.10. The molecule has 3 rings (SSSR count). The molecule has 0 unspecified atom stereocenters. The quantitative estimate of drug-likeness (QED) is 0.699. The van der Waals surface area contributed by atoms with Crippen molar-refractivity contribution >= 4 is 54.9 Å². The first-order valence-corrected chi connectivity index (χ1v) is 8.37. The molecule has 1 aromatic carbocycles. The number of hydrogen-bond donors (Lipinski definition) is 2. The summed E-state index contributed by atoms with van der Waals surface area (Å²) in [7, 11) is 1.83. The Morgan fingerprint density at radius 3 is 2.86 bits per heavy atom. The second-order valence-corrected chi connectivity index (χ2v) is 6.38. The molecular formula is C15H15BrN4S. The standard InChI is InChI=1S/C15H15BrN4S/c1-3-9-8-10(16)4-5-12(9)18-13-11-6-7-21-14(11)20-15(17-2)19-13/h4-8H,3H2,1-2H3,(H2,17,18,19,20). The van der Waals surface area contributed by atoms with Gasteiger partial charge in [-0.05, 0) is 41.6 Å². The summed E-state index contributed by atoms with van der Waals surface area (Å²) in [4.78, 5) is 9.99. The van der Waals surface area contributed by atoms with Crippen molar-refractivity contribution < 1.29 is 0 Å². The van der Waals surface area contributed by atoms with E-state index in [9.17, 15) is 0 Å². The van der Waals surface area contributed by atoms with Crippen molar-refractivity contribution in [3.05, 3.63) is 39.7 Å². The normalized spacial score (nSPS) is 10.8. The molecule has 4 nitrogen and oxygen atoms in total. The third-order valence-corrected chi connectivity index (χ3v) is 4.55. The van der Waals surface area contributed by atoms with Gasteiger partial charge in [0, 0.05) is 17.2 Å². The Balaban J connectivity index is 2.07. The van der Waals surface area contributed by atoms with Crippen LogP contribution >= 0.6 is 27.3 Å². The second kappa shape index (κ2) is 5.99. The van der Waals surface area contributed by atoms with Crippen molar-refractivity contribution in [1.82, 2.24) is 9.97 Å². The van der Waals surface area contributed by atoms with Crippen LogP contribution in [0.25, 0.3) is 10.2 Å². The molecule has 0 aliphatic heterocycles. The number of fused-ring (bicyclic) bond motifs is 1. The molecule has 2 aromatic heterocycles. The lowest BCUT2D eigenvalue weighted by atomic mass is 10.1. The summed E-state index contributed by atoms with van der Waals surface area (Å²) in [5, 5.41) is 9.54. The Hall–Kier alpha value is -1.66. The molecule has 0 saturated carbocycles. The van der Waals surface area contributed by atoms with Crippen molar-refractivity contribution in [1.29, 1.82) is 0 Å². The van der Waals surface area contributed by atoms with E-state index in [0.717, 1.165) is 32.6 Å². The van der Waals surface area contributed by atoms with Gasteiger partial charge in [-0.25, -0.2) is 4.98 Å². The van der Waals surface area contributed by atoms with Crippen molar-refractivity contribution in [3.8, 4) is 0 Å². The van der Waals surface area contributed by atoms with E-state index in [1.807, 2.05) is 24.6 Å². The number of thiophene rings is 1. The van der Waals surface area contributed by atoms with Crippen LogP contribution in [-0.4, -0.2) is 17.0 Å². The minimum absolute atomic E-state index is 0.627. The van der Waals surface area contributed by atoms with E-state index in [1.165, 1.54) is 5.56 Å². The molecule has 0 saturated heterocycles. The summed E-state index contributed by atoms with van der Waals surface area (Å²) >= 11 is 5.13. The van der Waals surface area contributed by atoms with E-state index < -0.39 is 0 Å². The van der Waals surface area contributed by atoms with E-state index in [-0.39, 0.29) is 0 Å². The third kappa shape index (κ3) is 2.87. The molecule has 0 aliphatic rings. The Morgan fingerprint density at radius 2 is 2.10 bits per heavy atom. The Morgan fingerprint density at radius 1 is 1.24 bits per heavy atom. The van der Waals surface area contributed by atoms with Crippen LogP contribution in [-0.2, 0) is 6.42 Å². The predicted molar refractivity (Wildman–Crippen MR) is 93.8 cm³/mol. The van der Waals surface area contributed by atoms with E-state index in [1.54, 1.807) is 11.3 Å². The number of anilines is 3. The maximum Gasteiger partial charge on any atom is 0.225 e. The van der Waals surface area contributed by atoms with Crippen LogP contribution in [0.2, 0.25) is 0 Å². The molecule has 0 aliphatic carbocycles. The first-order chi connectivity index (χ1) is 10.2. The summed E-state index contributed by atoms with van der Waals surface area (Å²) in [5.74, 6) is 1.46. The lowest BCUT2D eigenvalue weighted by Crippen LogP contribution is -2.02. The zero-order valence-corrected chi connectivity index (χ0v) is 14.2. The smallest absolute Gasteiger partial charge is 0.225 e. The first-order valence-electron chi connectivity index (χ1n) is 6.69. The molecule has 21 heavy (non-hydrogen) atoms.